The smallest absolute Gasteiger partial charge is 0.335 e. The number of aryl methyl sites for hydroxylation is 1. The van der Waals surface area contributed by atoms with E-state index in [9.17, 15) is 9.59 Å². The molecule has 1 aromatic carbocycles. The number of ether oxygens (including phenoxy) is 4. The van der Waals surface area contributed by atoms with Crippen LogP contribution in [0.25, 0.3) is 0 Å². The molecule has 0 spiro atoms. The summed E-state index contributed by atoms with van der Waals surface area (Å²) in [5, 5.41) is 18.2. The Morgan fingerprint density at radius 2 is 1.43 bits per heavy atom. The van der Waals surface area contributed by atoms with Gasteiger partial charge in [-0.2, -0.15) is 0 Å². The number of unbranched alkanes of at least 4 members (excludes halogenated alkanes) is 2. The molecule has 0 amide bonds. The van der Waals surface area contributed by atoms with Gasteiger partial charge in [-0.05, 0) is 61.5 Å². The maximum atomic E-state index is 12.0. The molecular formula is C32H46O8. The third kappa shape index (κ3) is 9.54. The van der Waals surface area contributed by atoms with E-state index in [4.69, 9.17) is 29.2 Å². The Labute approximate surface area is 238 Å². The predicted octanol–water partition coefficient (Wildman–Crippen LogP) is 4.48. The van der Waals surface area contributed by atoms with Crippen LogP contribution in [0.2, 0.25) is 0 Å². The van der Waals surface area contributed by atoms with Crippen LogP contribution in [0.1, 0.15) is 68.9 Å². The van der Waals surface area contributed by atoms with E-state index in [0.29, 0.717) is 25.0 Å². The number of benzene rings is 1. The fraction of sp³-hybridized carbons (Fsp3) is 0.625. The van der Waals surface area contributed by atoms with Gasteiger partial charge in [-0.3, -0.25) is 0 Å². The Hall–Kier alpha value is -2.52. The number of aliphatic hydroxyl groups excluding tert-OH is 2. The van der Waals surface area contributed by atoms with Crippen molar-refractivity contribution < 1.29 is 38.7 Å². The van der Waals surface area contributed by atoms with Gasteiger partial charge in [0.15, 0.2) is 6.29 Å². The fourth-order valence-electron chi connectivity index (χ4n) is 5.44. The van der Waals surface area contributed by atoms with Crippen molar-refractivity contribution in [3.63, 3.8) is 0 Å². The molecule has 0 atom stereocenters. The molecule has 0 unspecified atom stereocenters. The summed E-state index contributed by atoms with van der Waals surface area (Å²) >= 11 is 0. The monoisotopic (exact) mass is 558 g/mol. The van der Waals surface area contributed by atoms with Crippen molar-refractivity contribution in [2.75, 3.05) is 39.6 Å². The number of aliphatic hydroxyl groups is 2. The first kappa shape index (κ1) is 32.0. The largest absolute Gasteiger partial charge is 0.462 e. The number of carbonyl (C=O) groups excluding carboxylic acids is 2. The van der Waals surface area contributed by atoms with Crippen molar-refractivity contribution >= 4 is 11.9 Å². The Morgan fingerprint density at radius 1 is 0.875 bits per heavy atom. The number of hydrogen-bond acceptors (Lipinski definition) is 8. The van der Waals surface area contributed by atoms with E-state index in [0.717, 1.165) is 32.1 Å². The summed E-state index contributed by atoms with van der Waals surface area (Å²) in [6, 6.07) is 9.22. The SMILES string of the molecule is C=C(CO)C(=O)OCC(COC(=O)C(=C)CO)C1OCC(C2CCC(c3ccc(CCCCC)cc3)CC2)CO1. The lowest BCUT2D eigenvalue weighted by molar-refractivity contribution is -0.243. The average molecular weight is 559 g/mol. The summed E-state index contributed by atoms with van der Waals surface area (Å²) in [6.07, 6.45) is 8.75. The second-order valence-electron chi connectivity index (χ2n) is 11.1. The van der Waals surface area contributed by atoms with E-state index >= 15 is 0 Å². The molecule has 2 fully saturated rings. The third-order valence-corrected chi connectivity index (χ3v) is 8.11. The van der Waals surface area contributed by atoms with Crippen molar-refractivity contribution in [1.82, 2.24) is 0 Å². The number of esters is 2. The van der Waals surface area contributed by atoms with Crippen LogP contribution >= 0.6 is 0 Å². The molecule has 1 aliphatic carbocycles. The minimum Gasteiger partial charge on any atom is -0.462 e. The van der Waals surface area contributed by atoms with E-state index in [1.165, 1.54) is 30.4 Å². The highest BCUT2D eigenvalue weighted by Crippen LogP contribution is 2.40. The minimum atomic E-state index is -0.741. The maximum absolute atomic E-state index is 12.0. The highest BCUT2D eigenvalue weighted by molar-refractivity contribution is 5.88. The van der Waals surface area contributed by atoms with Crippen LogP contribution in [-0.4, -0.2) is 68.1 Å². The van der Waals surface area contributed by atoms with Gasteiger partial charge in [0.2, 0.25) is 0 Å². The highest BCUT2D eigenvalue weighted by atomic mass is 16.7. The molecule has 8 nitrogen and oxygen atoms in total. The first-order chi connectivity index (χ1) is 19.4. The van der Waals surface area contributed by atoms with Crippen molar-refractivity contribution in [1.29, 1.82) is 0 Å². The van der Waals surface area contributed by atoms with Crippen molar-refractivity contribution in [2.45, 2.75) is 70.5 Å². The molecule has 1 aromatic rings. The second-order valence-corrected chi connectivity index (χ2v) is 11.1. The molecule has 1 saturated heterocycles. The molecule has 1 saturated carbocycles. The summed E-state index contributed by atoms with van der Waals surface area (Å²) in [6.45, 7) is 8.87. The number of rotatable bonds is 15. The normalized spacial score (nSPS) is 23.0. The van der Waals surface area contributed by atoms with Gasteiger partial charge in [0.05, 0.1) is 43.5 Å². The van der Waals surface area contributed by atoms with Gasteiger partial charge in [-0.25, -0.2) is 9.59 Å². The van der Waals surface area contributed by atoms with Crippen LogP contribution in [0, 0.1) is 17.8 Å². The standard InChI is InChI=1S/C32H46O8/c1-4-5-6-7-24-8-10-25(11-9-24)26-12-14-27(15-13-26)28-18-39-32(40-19-28)29(20-37-30(35)22(2)16-33)21-38-31(36)23(3)17-34/h8-11,26-29,32-34H,2-7,12-21H2,1H3. The Bertz CT molecular complexity index is 924. The molecule has 0 aromatic heterocycles. The molecule has 222 valence electrons. The second kappa shape index (κ2) is 16.7. The molecule has 0 bridgehead atoms. The van der Waals surface area contributed by atoms with Gasteiger partial charge in [0.25, 0.3) is 0 Å². The molecule has 40 heavy (non-hydrogen) atoms. The molecule has 1 aliphatic heterocycles. The van der Waals surface area contributed by atoms with Crippen LogP contribution in [0.5, 0.6) is 0 Å². The van der Waals surface area contributed by atoms with E-state index in [2.05, 4.69) is 44.3 Å². The lowest BCUT2D eigenvalue weighted by Gasteiger charge is -2.39. The van der Waals surface area contributed by atoms with Gasteiger partial charge in [-0.1, -0.05) is 57.2 Å². The van der Waals surface area contributed by atoms with Crippen molar-refractivity contribution in [3.05, 3.63) is 59.7 Å². The van der Waals surface area contributed by atoms with Crippen LogP contribution < -0.4 is 0 Å². The summed E-state index contributed by atoms with van der Waals surface area (Å²) in [7, 11) is 0. The quantitative estimate of drug-likeness (QED) is 0.184. The first-order valence-corrected chi connectivity index (χ1v) is 14.6. The number of carbonyl (C=O) groups is 2. The number of hydrogen-bond donors (Lipinski definition) is 2. The molecule has 3 rings (SSSR count). The predicted molar refractivity (Wildman–Crippen MR) is 151 cm³/mol. The van der Waals surface area contributed by atoms with Gasteiger partial charge < -0.3 is 29.2 Å². The van der Waals surface area contributed by atoms with Crippen LogP contribution in [0.4, 0.5) is 0 Å². The lowest BCUT2D eigenvalue weighted by atomic mass is 9.74. The Balaban J connectivity index is 1.48. The van der Waals surface area contributed by atoms with Crippen LogP contribution in [0.3, 0.4) is 0 Å². The molecule has 2 aliphatic rings. The van der Waals surface area contributed by atoms with E-state index < -0.39 is 37.4 Å². The summed E-state index contributed by atoms with van der Waals surface area (Å²) in [4.78, 5) is 24.0. The topological polar surface area (TPSA) is 112 Å². The van der Waals surface area contributed by atoms with E-state index in [1.807, 2.05) is 0 Å². The molecular weight excluding hydrogens is 512 g/mol. The van der Waals surface area contributed by atoms with Gasteiger partial charge in [0.1, 0.15) is 13.2 Å². The van der Waals surface area contributed by atoms with E-state index in [-0.39, 0.29) is 30.3 Å². The lowest BCUT2D eigenvalue weighted by Crippen LogP contribution is -2.43. The fourth-order valence-corrected chi connectivity index (χ4v) is 5.44. The summed E-state index contributed by atoms with van der Waals surface area (Å²) in [5.41, 5.74) is 2.71. The Morgan fingerprint density at radius 3 is 1.93 bits per heavy atom. The minimum absolute atomic E-state index is 0.0755. The van der Waals surface area contributed by atoms with Crippen molar-refractivity contribution in [3.8, 4) is 0 Å². The Kier molecular flexibility index (Phi) is 13.3. The van der Waals surface area contributed by atoms with Crippen molar-refractivity contribution in [2.24, 2.45) is 17.8 Å². The summed E-state index contributed by atoms with van der Waals surface area (Å²) < 4.78 is 22.6. The first-order valence-electron chi connectivity index (χ1n) is 14.6. The summed E-state index contributed by atoms with van der Waals surface area (Å²) in [5.74, 6) is -0.694. The zero-order valence-electron chi connectivity index (χ0n) is 23.9. The molecule has 8 heteroatoms. The van der Waals surface area contributed by atoms with Crippen LogP contribution in [0.15, 0.2) is 48.6 Å². The zero-order chi connectivity index (χ0) is 28.9. The van der Waals surface area contributed by atoms with Crippen LogP contribution in [-0.2, 0) is 35.0 Å². The highest BCUT2D eigenvalue weighted by Gasteiger charge is 2.36. The molecule has 2 N–H and O–H groups in total. The zero-order valence-corrected chi connectivity index (χ0v) is 23.9. The van der Waals surface area contributed by atoms with Gasteiger partial charge >= 0.3 is 11.9 Å². The van der Waals surface area contributed by atoms with E-state index in [1.54, 1.807) is 0 Å². The third-order valence-electron chi connectivity index (χ3n) is 8.11. The maximum Gasteiger partial charge on any atom is 0.335 e. The van der Waals surface area contributed by atoms with Gasteiger partial charge in [0, 0.05) is 5.92 Å². The average Bonchev–Trinajstić information content (AvgIpc) is 3.00. The molecule has 0 radical (unpaired) electrons. The molecule has 1 heterocycles. The van der Waals surface area contributed by atoms with Gasteiger partial charge in [-0.15, -0.1) is 0 Å².